The molecule has 0 N–H and O–H groups in total. The van der Waals surface area contributed by atoms with Gasteiger partial charge in [0.25, 0.3) is 0 Å². The molecule has 396 valence electrons. The highest BCUT2D eigenvalue weighted by Crippen LogP contribution is 2.46. The van der Waals surface area contributed by atoms with Gasteiger partial charge in [-0.15, -0.1) is 0 Å². The van der Waals surface area contributed by atoms with E-state index in [1.165, 1.54) is 38.0 Å². The van der Waals surface area contributed by atoms with E-state index in [1.807, 2.05) is 24.4 Å². The average Bonchev–Trinajstić information content (AvgIpc) is 3.15. The van der Waals surface area contributed by atoms with Crippen LogP contribution in [0.4, 0.5) is 11.4 Å². The molecule has 0 unspecified atom stereocenters. The minimum atomic E-state index is 0.856. The molecule has 0 bridgehead atoms. The molecule has 0 saturated carbocycles. The number of allylic oxidation sites excluding steroid dienone is 2. The van der Waals surface area contributed by atoms with Gasteiger partial charge in [0, 0.05) is 108 Å². The van der Waals surface area contributed by atoms with Crippen molar-refractivity contribution >= 4 is 78.0 Å². The molecule has 0 radical (unpaired) electrons. The summed E-state index contributed by atoms with van der Waals surface area (Å²) in [4.78, 5) is 17.1. The third-order valence-electron chi connectivity index (χ3n) is 16.7. The van der Waals surface area contributed by atoms with E-state index in [4.69, 9.17) is 9.97 Å². The van der Waals surface area contributed by atoms with E-state index < -0.39 is 0 Å². The molecule has 9 aromatic carbocycles. The Labute approximate surface area is 486 Å². The summed E-state index contributed by atoms with van der Waals surface area (Å²) >= 11 is 0. The number of benzene rings is 9. The van der Waals surface area contributed by atoms with Gasteiger partial charge in [0.05, 0.1) is 56.1 Å². The summed E-state index contributed by atoms with van der Waals surface area (Å²) < 4.78 is 7.35. The molecule has 16 rings (SSSR count). The predicted octanol–water partition coefficient (Wildman–Crippen LogP) is 19.5. The van der Waals surface area contributed by atoms with Crippen molar-refractivity contribution in [2.45, 2.75) is 6.42 Å². The molecule has 1 aliphatic carbocycles. The molecule has 15 aromatic rings. The van der Waals surface area contributed by atoms with Gasteiger partial charge in [-0.05, 0) is 127 Å². The van der Waals surface area contributed by atoms with E-state index in [0.29, 0.717) is 0 Å². The fraction of sp³-hybridized carbons (Fsp3) is 0.0260. The lowest BCUT2D eigenvalue weighted by molar-refractivity contribution is 1.10. The lowest BCUT2D eigenvalue weighted by Gasteiger charge is -2.25. The highest BCUT2D eigenvalue weighted by atomic mass is 15.1. The molecule has 0 atom stereocenters. The van der Waals surface area contributed by atoms with Gasteiger partial charge in [-0.2, -0.15) is 0 Å². The molecule has 0 aliphatic heterocycles. The number of hydrogen-bond donors (Lipinski definition) is 0. The smallest absolute Gasteiger partial charge is 0.0725 e. The molecule has 6 heterocycles. The van der Waals surface area contributed by atoms with E-state index in [9.17, 15) is 0 Å². The lowest BCUT2D eigenvalue weighted by Crippen LogP contribution is -2.11. The summed E-state index contributed by atoms with van der Waals surface area (Å²) in [5.41, 5.74) is 23.6. The van der Waals surface area contributed by atoms with Gasteiger partial charge in [-0.1, -0.05) is 164 Å². The first kappa shape index (κ1) is 48.7. The number of fused-ring (bicyclic) bond motifs is 10. The highest BCUT2D eigenvalue weighted by Gasteiger charge is 2.25. The number of pyridine rings is 3. The van der Waals surface area contributed by atoms with Crippen molar-refractivity contribution in [1.82, 2.24) is 28.7 Å². The zero-order valence-corrected chi connectivity index (χ0v) is 46.1. The van der Waals surface area contributed by atoms with Crippen LogP contribution in [0, 0.1) is 0 Å². The van der Waals surface area contributed by atoms with Gasteiger partial charge in [0.2, 0.25) is 0 Å². The van der Waals surface area contributed by atoms with Crippen molar-refractivity contribution in [1.29, 1.82) is 0 Å². The molecule has 1 aliphatic rings. The number of rotatable bonds is 10. The predicted molar refractivity (Wildman–Crippen MR) is 350 cm³/mol. The van der Waals surface area contributed by atoms with Crippen LogP contribution in [0.15, 0.2) is 279 Å². The van der Waals surface area contributed by atoms with E-state index in [-0.39, 0.29) is 0 Å². The highest BCUT2D eigenvalue weighted by molar-refractivity contribution is 6.26. The second-order valence-electron chi connectivity index (χ2n) is 21.6. The first-order valence-corrected chi connectivity index (χ1v) is 28.6. The van der Waals surface area contributed by atoms with E-state index in [1.54, 1.807) is 6.20 Å². The van der Waals surface area contributed by atoms with E-state index >= 15 is 0 Å². The zero-order valence-electron chi connectivity index (χ0n) is 46.1. The van der Waals surface area contributed by atoms with Crippen LogP contribution in [0.5, 0.6) is 0 Å². The maximum absolute atomic E-state index is 5.19. The third kappa shape index (κ3) is 8.16. The van der Waals surface area contributed by atoms with Gasteiger partial charge in [0.15, 0.2) is 0 Å². The second kappa shape index (κ2) is 20.1. The molecule has 0 spiro atoms. The Morgan fingerprint density at radius 3 is 1.67 bits per heavy atom. The Balaban J connectivity index is 0.841. The Morgan fingerprint density at radius 2 is 0.952 bits per heavy atom. The van der Waals surface area contributed by atoms with Crippen LogP contribution in [0.1, 0.15) is 17.7 Å². The quantitative estimate of drug-likeness (QED) is 0.137. The Kier molecular flexibility index (Phi) is 11.7. The second-order valence-corrected chi connectivity index (χ2v) is 21.6. The van der Waals surface area contributed by atoms with E-state index in [0.717, 1.165) is 119 Å². The van der Waals surface area contributed by atoms with Crippen molar-refractivity contribution in [2.24, 2.45) is 0 Å². The largest absolute Gasteiger partial charge is 0.344 e. The third-order valence-corrected chi connectivity index (χ3v) is 16.7. The SMILES string of the molecule is CN(c1cccc(-n2c3ccccc3c3c2ccc2c4ccccc4n(-c4cccc(-c5cccc(-c6ccccc6)n5)c4)c23)c1)c1cc2c3c(n(-c4cccc(-c5cccc(-c6cccnc6)n5)c4)c2cc1-c1ccccc1)C=CCC=C3. The molecular formula is C77H53N7. The van der Waals surface area contributed by atoms with Gasteiger partial charge in [0.1, 0.15) is 0 Å². The molecule has 7 nitrogen and oxygen atoms in total. The fourth-order valence-electron chi connectivity index (χ4n) is 12.8. The van der Waals surface area contributed by atoms with Crippen molar-refractivity contribution in [3.63, 3.8) is 0 Å². The van der Waals surface area contributed by atoms with Crippen LogP contribution in [0.2, 0.25) is 0 Å². The first-order chi connectivity index (χ1) is 41.6. The molecule has 0 saturated heterocycles. The number of hydrogen-bond acceptors (Lipinski definition) is 4. The fourth-order valence-corrected chi connectivity index (χ4v) is 12.8. The van der Waals surface area contributed by atoms with Crippen LogP contribution in [0.25, 0.3) is 140 Å². The van der Waals surface area contributed by atoms with Gasteiger partial charge in [-0.3, -0.25) is 4.98 Å². The number of para-hydroxylation sites is 2. The molecule has 7 heteroatoms. The topological polar surface area (TPSA) is 56.7 Å². The number of nitrogens with zero attached hydrogens (tertiary/aromatic N) is 7. The van der Waals surface area contributed by atoms with Crippen LogP contribution >= 0.6 is 0 Å². The number of aromatic nitrogens is 6. The number of anilines is 2. The minimum Gasteiger partial charge on any atom is -0.344 e. The minimum absolute atomic E-state index is 0.856. The van der Waals surface area contributed by atoms with Gasteiger partial charge >= 0.3 is 0 Å². The van der Waals surface area contributed by atoms with Crippen LogP contribution < -0.4 is 4.90 Å². The summed E-state index contributed by atoms with van der Waals surface area (Å²) in [7, 11) is 2.21. The lowest BCUT2D eigenvalue weighted by atomic mass is 9.99. The Bertz CT molecular complexity index is 5120. The maximum atomic E-state index is 5.19. The van der Waals surface area contributed by atoms with Crippen LogP contribution in [0.3, 0.4) is 0 Å². The van der Waals surface area contributed by atoms with Crippen molar-refractivity contribution in [3.05, 3.63) is 291 Å². The molecule has 6 aromatic heterocycles. The van der Waals surface area contributed by atoms with Gasteiger partial charge < -0.3 is 18.6 Å². The monoisotopic (exact) mass is 1080 g/mol. The van der Waals surface area contributed by atoms with E-state index in [2.05, 4.69) is 292 Å². The van der Waals surface area contributed by atoms with Crippen molar-refractivity contribution in [3.8, 4) is 73.2 Å². The van der Waals surface area contributed by atoms with Crippen LogP contribution in [-0.4, -0.2) is 35.7 Å². The average molecular weight is 1080 g/mol. The molecule has 0 amide bonds. The zero-order chi connectivity index (χ0) is 55.7. The van der Waals surface area contributed by atoms with Crippen LogP contribution in [-0.2, 0) is 0 Å². The summed E-state index contributed by atoms with van der Waals surface area (Å²) in [6.07, 6.45) is 13.6. The van der Waals surface area contributed by atoms with Gasteiger partial charge in [-0.25, -0.2) is 9.97 Å². The Morgan fingerprint density at radius 1 is 0.381 bits per heavy atom. The normalized spacial score (nSPS) is 12.2. The maximum Gasteiger partial charge on any atom is 0.0725 e. The summed E-state index contributed by atoms with van der Waals surface area (Å²) in [5, 5.41) is 6.00. The molecule has 0 fully saturated rings. The Hall–Kier alpha value is -11.2. The van der Waals surface area contributed by atoms with Crippen molar-refractivity contribution in [2.75, 3.05) is 11.9 Å². The summed E-state index contributed by atoms with van der Waals surface area (Å²) in [6, 6.07) is 91.6. The van der Waals surface area contributed by atoms with Crippen molar-refractivity contribution < 1.29 is 0 Å². The molecule has 84 heavy (non-hydrogen) atoms. The first-order valence-electron chi connectivity index (χ1n) is 28.6. The summed E-state index contributed by atoms with van der Waals surface area (Å²) in [6.45, 7) is 0. The summed E-state index contributed by atoms with van der Waals surface area (Å²) in [5.74, 6) is 0. The standard InChI is InChI=1S/C77H53N7/c1-81(74-49-65-61-32-9-4-10-39-70(61)83(75(65)48-64(74)51-21-5-2-6-22-51)57-29-15-25-53(45-57)68-37-19-38-69(80-68)55-27-20-44-78-50-55)56-28-17-31-59(47-56)82-72-41-14-12-34-63(72)76-73(82)43-42-62-60-33-11-13-40-71(60)84(77(62)76)58-30-16-26-54(46-58)67-36-18-35-66(79-67)52-23-7-3-8-24-52/h2-3,5-50H,4H2,1H3. The molecular weight excluding hydrogens is 1020 g/mol.